The van der Waals surface area contributed by atoms with Crippen LogP contribution in [0.4, 0.5) is 5.69 Å². The van der Waals surface area contributed by atoms with Gasteiger partial charge in [-0.3, -0.25) is 0 Å². The lowest BCUT2D eigenvalue weighted by Crippen LogP contribution is -2.39. The predicted octanol–water partition coefficient (Wildman–Crippen LogP) is 1.87. The van der Waals surface area contributed by atoms with Gasteiger partial charge < -0.3 is 14.7 Å². The van der Waals surface area contributed by atoms with Gasteiger partial charge in [-0.05, 0) is 24.5 Å². The molecule has 0 aliphatic carbocycles. The predicted molar refractivity (Wildman–Crippen MR) is 70.3 cm³/mol. The molecule has 0 aromatic heterocycles. The van der Waals surface area contributed by atoms with Crippen molar-refractivity contribution in [1.29, 1.82) is 5.26 Å². The Balaban J connectivity index is 2.45. The summed E-state index contributed by atoms with van der Waals surface area (Å²) in [6.07, 6.45) is 0.805. The molecule has 0 amide bonds. The molecule has 19 heavy (non-hydrogen) atoms. The highest BCUT2D eigenvalue weighted by molar-refractivity contribution is 5.81. The van der Waals surface area contributed by atoms with Gasteiger partial charge in [0.15, 0.2) is 0 Å². The van der Waals surface area contributed by atoms with E-state index < -0.39 is 12.0 Å². The number of anilines is 1. The number of carboxylic acids is 1. The van der Waals surface area contributed by atoms with Crippen molar-refractivity contribution in [2.24, 2.45) is 5.92 Å². The number of aliphatic carboxylic acids is 1. The fourth-order valence-electron chi connectivity index (χ4n) is 2.56. The second kappa shape index (κ2) is 5.19. The van der Waals surface area contributed by atoms with Gasteiger partial charge in [0.25, 0.3) is 0 Å². The van der Waals surface area contributed by atoms with Gasteiger partial charge in [-0.25, -0.2) is 4.79 Å². The van der Waals surface area contributed by atoms with Gasteiger partial charge in [-0.15, -0.1) is 0 Å². The number of benzene rings is 1. The summed E-state index contributed by atoms with van der Waals surface area (Å²) in [5.41, 5.74) is 1.11. The topological polar surface area (TPSA) is 73.6 Å². The van der Waals surface area contributed by atoms with Crippen LogP contribution in [-0.4, -0.2) is 30.8 Å². The lowest BCUT2D eigenvalue weighted by molar-refractivity contribution is -0.139. The normalized spacial score (nSPS) is 22.1. The van der Waals surface area contributed by atoms with E-state index in [1.54, 1.807) is 30.2 Å². The SMILES string of the molecule is COc1ccc(C#N)c(N2CCC(C)C2C(=O)O)c1. The molecule has 1 N–H and O–H groups in total. The van der Waals surface area contributed by atoms with Crippen molar-refractivity contribution < 1.29 is 14.6 Å². The Morgan fingerprint density at radius 1 is 1.58 bits per heavy atom. The first-order chi connectivity index (χ1) is 9.08. The van der Waals surface area contributed by atoms with E-state index in [0.717, 1.165) is 6.42 Å². The Hall–Kier alpha value is -2.22. The van der Waals surface area contributed by atoms with E-state index in [9.17, 15) is 9.90 Å². The zero-order valence-electron chi connectivity index (χ0n) is 11.0. The van der Waals surface area contributed by atoms with E-state index in [0.29, 0.717) is 23.5 Å². The van der Waals surface area contributed by atoms with Crippen LogP contribution in [0.2, 0.25) is 0 Å². The maximum Gasteiger partial charge on any atom is 0.326 e. The number of hydrogen-bond acceptors (Lipinski definition) is 4. The Kier molecular flexibility index (Phi) is 3.61. The van der Waals surface area contributed by atoms with Crippen LogP contribution >= 0.6 is 0 Å². The van der Waals surface area contributed by atoms with Gasteiger partial charge >= 0.3 is 5.97 Å². The fraction of sp³-hybridized carbons (Fsp3) is 0.429. The second-order valence-electron chi connectivity index (χ2n) is 4.74. The minimum Gasteiger partial charge on any atom is -0.497 e. The van der Waals surface area contributed by atoms with E-state index in [4.69, 9.17) is 10.00 Å². The third kappa shape index (κ3) is 2.34. The first-order valence-electron chi connectivity index (χ1n) is 6.16. The van der Waals surface area contributed by atoms with Gasteiger partial charge in [-0.1, -0.05) is 6.92 Å². The van der Waals surface area contributed by atoms with Gasteiger partial charge in [0.1, 0.15) is 17.9 Å². The molecule has 100 valence electrons. The summed E-state index contributed by atoms with van der Waals surface area (Å²) in [4.78, 5) is 13.2. The Morgan fingerprint density at radius 3 is 2.89 bits per heavy atom. The summed E-state index contributed by atoms with van der Waals surface area (Å²) in [7, 11) is 1.55. The molecule has 1 aromatic carbocycles. The zero-order chi connectivity index (χ0) is 14.0. The third-order valence-corrected chi connectivity index (χ3v) is 3.59. The number of nitriles is 1. The van der Waals surface area contributed by atoms with Crippen molar-refractivity contribution >= 4 is 11.7 Å². The first-order valence-corrected chi connectivity index (χ1v) is 6.16. The van der Waals surface area contributed by atoms with E-state index in [-0.39, 0.29) is 5.92 Å². The lowest BCUT2D eigenvalue weighted by Gasteiger charge is -2.26. The summed E-state index contributed by atoms with van der Waals surface area (Å²) in [6, 6.07) is 6.62. The van der Waals surface area contributed by atoms with Crippen molar-refractivity contribution in [3.05, 3.63) is 23.8 Å². The first kappa shape index (κ1) is 13.2. The molecule has 0 spiro atoms. The van der Waals surface area contributed by atoms with Gasteiger partial charge in [0, 0.05) is 12.6 Å². The fourth-order valence-corrected chi connectivity index (χ4v) is 2.56. The Morgan fingerprint density at radius 2 is 2.32 bits per heavy atom. The van der Waals surface area contributed by atoms with Crippen LogP contribution < -0.4 is 9.64 Å². The molecule has 2 atom stereocenters. The second-order valence-corrected chi connectivity index (χ2v) is 4.74. The summed E-state index contributed by atoms with van der Waals surface area (Å²) in [5.74, 6) is -0.162. The minimum atomic E-state index is -0.850. The molecule has 0 saturated carbocycles. The van der Waals surface area contributed by atoms with Crippen molar-refractivity contribution in [3.63, 3.8) is 0 Å². The minimum absolute atomic E-state index is 0.0650. The molecule has 2 rings (SSSR count). The summed E-state index contributed by atoms with van der Waals surface area (Å²) in [6.45, 7) is 2.56. The highest BCUT2D eigenvalue weighted by Gasteiger charge is 2.37. The number of nitrogens with zero attached hydrogens (tertiary/aromatic N) is 2. The standard InChI is InChI=1S/C14H16N2O3/c1-9-5-6-16(13(9)14(17)18)12-7-11(19-2)4-3-10(12)8-15/h3-4,7,9,13H,5-6H2,1-2H3,(H,17,18). The molecule has 5 heteroatoms. The van der Waals surface area contributed by atoms with E-state index in [1.807, 2.05) is 6.92 Å². The lowest BCUT2D eigenvalue weighted by atomic mass is 10.0. The molecule has 1 saturated heterocycles. The number of rotatable bonds is 3. The van der Waals surface area contributed by atoms with Crippen LogP contribution in [0.3, 0.4) is 0 Å². The van der Waals surface area contributed by atoms with E-state index >= 15 is 0 Å². The number of ether oxygens (including phenoxy) is 1. The maximum atomic E-state index is 11.4. The van der Waals surface area contributed by atoms with Crippen LogP contribution in [0.25, 0.3) is 0 Å². The number of methoxy groups -OCH3 is 1. The monoisotopic (exact) mass is 260 g/mol. The molecule has 1 aliphatic rings. The van der Waals surface area contributed by atoms with Crippen molar-refractivity contribution in [3.8, 4) is 11.8 Å². The average molecular weight is 260 g/mol. The van der Waals surface area contributed by atoms with Crippen LogP contribution in [0.15, 0.2) is 18.2 Å². The maximum absolute atomic E-state index is 11.4. The number of hydrogen-bond donors (Lipinski definition) is 1. The smallest absolute Gasteiger partial charge is 0.326 e. The van der Waals surface area contributed by atoms with Crippen LogP contribution in [0.5, 0.6) is 5.75 Å². The van der Waals surface area contributed by atoms with Crippen LogP contribution in [0, 0.1) is 17.2 Å². The van der Waals surface area contributed by atoms with Crippen molar-refractivity contribution in [1.82, 2.24) is 0 Å². The van der Waals surface area contributed by atoms with E-state index in [1.165, 1.54) is 0 Å². The third-order valence-electron chi connectivity index (χ3n) is 3.59. The van der Waals surface area contributed by atoms with Crippen LogP contribution in [-0.2, 0) is 4.79 Å². The van der Waals surface area contributed by atoms with Gasteiger partial charge in [0.2, 0.25) is 0 Å². The molecule has 1 heterocycles. The Bertz CT molecular complexity index is 536. The molecular weight excluding hydrogens is 244 g/mol. The average Bonchev–Trinajstić information content (AvgIpc) is 2.79. The highest BCUT2D eigenvalue weighted by atomic mass is 16.5. The molecule has 1 aromatic rings. The molecule has 1 fully saturated rings. The van der Waals surface area contributed by atoms with Gasteiger partial charge in [-0.2, -0.15) is 5.26 Å². The highest BCUT2D eigenvalue weighted by Crippen LogP contribution is 2.34. The number of carboxylic acid groups (broad SMARTS) is 1. The largest absolute Gasteiger partial charge is 0.497 e. The Labute approximate surface area is 112 Å². The molecule has 0 bridgehead atoms. The molecule has 0 radical (unpaired) electrons. The van der Waals surface area contributed by atoms with Crippen molar-refractivity contribution in [2.45, 2.75) is 19.4 Å². The van der Waals surface area contributed by atoms with Gasteiger partial charge in [0.05, 0.1) is 18.4 Å². The quantitative estimate of drug-likeness (QED) is 0.898. The summed E-state index contributed by atoms with van der Waals surface area (Å²) in [5, 5.41) is 18.5. The molecule has 5 nitrogen and oxygen atoms in total. The summed E-state index contributed by atoms with van der Waals surface area (Å²) >= 11 is 0. The molecule has 2 unspecified atom stereocenters. The van der Waals surface area contributed by atoms with Crippen LogP contribution in [0.1, 0.15) is 18.9 Å². The summed E-state index contributed by atoms with van der Waals surface area (Å²) < 4.78 is 5.15. The van der Waals surface area contributed by atoms with E-state index in [2.05, 4.69) is 6.07 Å². The zero-order valence-corrected chi connectivity index (χ0v) is 11.0. The van der Waals surface area contributed by atoms with Crippen molar-refractivity contribution in [2.75, 3.05) is 18.6 Å². The molecule has 1 aliphatic heterocycles. The number of carbonyl (C=O) groups is 1. The molecular formula is C14H16N2O3.